The Balaban J connectivity index is 2.25. The van der Waals surface area contributed by atoms with E-state index < -0.39 is 17.5 Å². The standard InChI is InChI=1S/C11H10FN3O3/c12-8-3-1-7(2-4-8)10-14-15(11(17)18-10)6-5-9(13)16/h1-4H,5-6H2,(H2,13,16). The fraction of sp³-hybridized carbons (Fsp3) is 0.182. The smallest absolute Gasteiger partial charge is 0.388 e. The first kappa shape index (κ1) is 12.0. The van der Waals surface area contributed by atoms with Gasteiger partial charge in [-0.25, -0.2) is 9.18 Å². The highest BCUT2D eigenvalue weighted by Crippen LogP contribution is 2.15. The summed E-state index contributed by atoms with van der Waals surface area (Å²) < 4.78 is 18.6. The third-order valence-electron chi connectivity index (χ3n) is 2.27. The summed E-state index contributed by atoms with van der Waals surface area (Å²) in [4.78, 5) is 22.0. The summed E-state index contributed by atoms with van der Waals surface area (Å²) in [5.74, 6) is -1.54. The second-order valence-electron chi connectivity index (χ2n) is 3.62. The number of carbonyl (C=O) groups excluding carboxylic acids is 1. The highest BCUT2D eigenvalue weighted by molar-refractivity contribution is 5.73. The lowest BCUT2D eigenvalue weighted by atomic mass is 10.2. The van der Waals surface area contributed by atoms with Crippen LogP contribution in [0.25, 0.3) is 11.5 Å². The van der Waals surface area contributed by atoms with Gasteiger partial charge in [-0.2, -0.15) is 4.68 Å². The first-order chi connectivity index (χ1) is 8.56. The molecule has 2 aromatic rings. The van der Waals surface area contributed by atoms with Crippen molar-refractivity contribution in [3.05, 3.63) is 40.6 Å². The van der Waals surface area contributed by atoms with Crippen LogP contribution in [0.3, 0.4) is 0 Å². The number of amides is 1. The van der Waals surface area contributed by atoms with Crippen LogP contribution in [0, 0.1) is 5.82 Å². The van der Waals surface area contributed by atoms with Crippen LogP contribution in [0.4, 0.5) is 4.39 Å². The largest absolute Gasteiger partial charge is 0.437 e. The molecule has 1 amide bonds. The maximum atomic E-state index is 12.7. The van der Waals surface area contributed by atoms with E-state index in [0.29, 0.717) is 5.56 Å². The van der Waals surface area contributed by atoms with Crippen molar-refractivity contribution in [1.29, 1.82) is 0 Å². The molecule has 18 heavy (non-hydrogen) atoms. The van der Waals surface area contributed by atoms with Gasteiger partial charge in [-0.3, -0.25) is 4.79 Å². The summed E-state index contributed by atoms with van der Waals surface area (Å²) in [5.41, 5.74) is 5.45. The molecule has 2 rings (SSSR count). The minimum absolute atomic E-state index is 0.00466. The minimum atomic E-state index is -0.685. The molecule has 2 N–H and O–H groups in total. The summed E-state index contributed by atoms with van der Waals surface area (Å²) in [6, 6.07) is 5.35. The third kappa shape index (κ3) is 2.62. The van der Waals surface area contributed by atoms with E-state index in [1.54, 1.807) is 0 Å². The van der Waals surface area contributed by atoms with Gasteiger partial charge in [0, 0.05) is 12.0 Å². The number of nitrogens with two attached hydrogens (primary N) is 1. The number of halogens is 1. The van der Waals surface area contributed by atoms with Crippen LogP contribution in [-0.2, 0) is 11.3 Å². The van der Waals surface area contributed by atoms with Crippen LogP contribution in [0.15, 0.2) is 33.5 Å². The average molecular weight is 251 g/mol. The zero-order valence-electron chi connectivity index (χ0n) is 9.30. The van der Waals surface area contributed by atoms with E-state index in [2.05, 4.69) is 5.10 Å². The number of benzene rings is 1. The zero-order chi connectivity index (χ0) is 13.1. The van der Waals surface area contributed by atoms with Gasteiger partial charge in [0.15, 0.2) is 0 Å². The number of aryl methyl sites for hydroxylation is 1. The molecule has 0 spiro atoms. The lowest BCUT2D eigenvalue weighted by Crippen LogP contribution is -2.20. The van der Waals surface area contributed by atoms with Crippen LogP contribution >= 0.6 is 0 Å². The molecule has 6 nitrogen and oxygen atoms in total. The Morgan fingerprint density at radius 2 is 2.06 bits per heavy atom. The molecule has 1 aromatic heterocycles. The first-order valence-electron chi connectivity index (χ1n) is 5.18. The summed E-state index contributed by atoms with van der Waals surface area (Å²) >= 11 is 0. The van der Waals surface area contributed by atoms with Crippen molar-refractivity contribution >= 4 is 5.91 Å². The van der Waals surface area contributed by atoms with E-state index in [4.69, 9.17) is 10.2 Å². The molecule has 0 bridgehead atoms. The number of rotatable bonds is 4. The van der Waals surface area contributed by atoms with Crippen molar-refractivity contribution in [3.8, 4) is 11.5 Å². The Kier molecular flexibility index (Phi) is 3.22. The van der Waals surface area contributed by atoms with Gasteiger partial charge in [0.05, 0.1) is 6.54 Å². The second-order valence-corrected chi connectivity index (χ2v) is 3.62. The van der Waals surface area contributed by atoms with Crippen molar-refractivity contribution < 1.29 is 13.6 Å². The Morgan fingerprint density at radius 3 is 2.67 bits per heavy atom. The molecule has 0 atom stereocenters. The summed E-state index contributed by atoms with van der Waals surface area (Å²) in [5, 5.41) is 3.89. The summed E-state index contributed by atoms with van der Waals surface area (Å²) in [7, 11) is 0. The molecule has 0 fully saturated rings. The molecule has 94 valence electrons. The third-order valence-corrected chi connectivity index (χ3v) is 2.27. The van der Waals surface area contributed by atoms with Crippen LogP contribution in [0.5, 0.6) is 0 Å². The fourth-order valence-corrected chi connectivity index (χ4v) is 1.37. The molecule has 0 unspecified atom stereocenters. The monoisotopic (exact) mass is 251 g/mol. The van der Waals surface area contributed by atoms with E-state index in [9.17, 15) is 14.0 Å². The maximum Gasteiger partial charge on any atom is 0.437 e. The molecule has 0 aliphatic carbocycles. The Morgan fingerprint density at radius 1 is 1.39 bits per heavy atom. The Hall–Kier alpha value is -2.44. The van der Waals surface area contributed by atoms with E-state index in [0.717, 1.165) is 4.68 Å². The normalized spacial score (nSPS) is 10.5. The number of hydrogen-bond acceptors (Lipinski definition) is 4. The first-order valence-corrected chi connectivity index (χ1v) is 5.18. The van der Waals surface area contributed by atoms with Gasteiger partial charge in [0.2, 0.25) is 11.8 Å². The highest BCUT2D eigenvalue weighted by Gasteiger charge is 2.10. The Labute approximate surface area is 101 Å². The fourth-order valence-electron chi connectivity index (χ4n) is 1.37. The molecule has 0 aliphatic rings. The number of aromatic nitrogens is 2. The lowest BCUT2D eigenvalue weighted by molar-refractivity contribution is -0.118. The van der Waals surface area contributed by atoms with E-state index in [-0.39, 0.29) is 18.9 Å². The van der Waals surface area contributed by atoms with Gasteiger partial charge in [0.25, 0.3) is 0 Å². The molecular weight excluding hydrogens is 241 g/mol. The predicted molar refractivity (Wildman–Crippen MR) is 60.0 cm³/mol. The minimum Gasteiger partial charge on any atom is -0.388 e. The van der Waals surface area contributed by atoms with Crippen LogP contribution in [0.2, 0.25) is 0 Å². The summed E-state index contributed by atoms with van der Waals surface area (Å²) in [6.07, 6.45) is -0.00466. The van der Waals surface area contributed by atoms with E-state index in [1.165, 1.54) is 24.3 Å². The summed E-state index contributed by atoms with van der Waals surface area (Å²) in [6.45, 7) is 0.0544. The predicted octanol–water partition coefficient (Wildman–Crippen LogP) is 0.518. The Bertz CT molecular complexity index is 615. The molecule has 0 radical (unpaired) electrons. The maximum absolute atomic E-state index is 12.7. The molecular formula is C11H10FN3O3. The number of primary amides is 1. The molecule has 1 heterocycles. The van der Waals surface area contributed by atoms with Crippen molar-refractivity contribution in [2.24, 2.45) is 5.73 Å². The van der Waals surface area contributed by atoms with Gasteiger partial charge >= 0.3 is 5.76 Å². The topological polar surface area (TPSA) is 91.1 Å². The highest BCUT2D eigenvalue weighted by atomic mass is 19.1. The number of nitrogens with zero attached hydrogens (tertiary/aromatic N) is 2. The lowest BCUT2D eigenvalue weighted by Gasteiger charge is -1.95. The van der Waals surface area contributed by atoms with Gasteiger partial charge < -0.3 is 10.2 Å². The molecule has 0 saturated heterocycles. The van der Waals surface area contributed by atoms with Crippen LogP contribution in [-0.4, -0.2) is 15.7 Å². The molecule has 0 aliphatic heterocycles. The van der Waals surface area contributed by atoms with Crippen molar-refractivity contribution in [3.63, 3.8) is 0 Å². The molecule has 7 heteroatoms. The SMILES string of the molecule is NC(=O)CCn1nc(-c2ccc(F)cc2)oc1=O. The zero-order valence-corrected chi connectivity index (χ0v) is 9.30. The van der Waals surface area contributed by atoms with Gasteiger partial charge in [-0.1, -0.05) is 0 Å². The second kappa shape index (κ2) is 4.82. The number of hydrogen-bond donors (Lipinski definition) is 1. The van der Waals surface area contributed by atoms with Gasteiger partial charge in [-0.05, 0) is 24.3 Å². The van der Waals surface area contributed by atoms with Gasteiger partial charge in [-0.15, -0.1) is 5.10 Å². The van der Waals surface area contributed by atoms with Crippen molar-refractivity contribution in [1.82, 2.24) is 9.78 Å². The van der Waals surface area contributed by atoms with Crippen LogP contribution in [0.1, 0.15) is 6.42 Å². The quantitative estimate of drug-likeness (QED) is 0.857. The van der Waals surface area contributed by atoms with E-state index in [1.807, 2.05) is 0 Å². The van der Waals surface area contributed by atoms with Crippen molar-refractivity contribution in [2.75, 3.05) is 0 Å². The van der Waals surface area contributed by atoms with Gasteiger partial charge in [0.1, 0.15) is 5.82 Å². The van der Waals surface area contributed by atoms with Crippen LogP contribution < -0.4 is 11.5 Å². The van der Waals surface area contributed by atoms with E-state index >= 15 is 0 Å². The average Bonchev–Trinajstić information content (AvgIpc) is 2.69. The van der Waals surface area contributed by atoms with Crippen molar-refractivity contribution in [2.45, 2.75) is 13.0 Å². The molecule has 1 aromatic carbocycles. The molecule has 0 saturated carbocycles. The number of carbonyl (C=O) groups is 1.